The fourth-order valence-corrected chi connectivity index (χ4v) is 8.10. The number of hydrogen-bond acceptors (Lipinski definition) is 6. The summed E-state index contributed by atoms with van der Waals surface area (Å²) in [7, 11) is 0. The van der Waals surface area contributed by atoms with E-state index in [4.69, 9.17) is 14.2 Å². The summed E-state index contributed by atoms with van der Waals surface area (Å²) in [4.78, 5) is 38.2. The molecule has 420 valence electrons. The Labute approximate surface area is 456 Å². The molecule has 0 fully saturated rings. The first-order chi connectivity index (χ1) is 36.5. The molecule has 1 unspecified atom stereocenters. The number of unbranched alkanes of at least 4 members (excludes halogenated alkanes) is 23. The van der Waals surface area contributed by atoms with Crippen LogP contribution in [-0.4, -0.2) is 37.2 Å². The van der Waals surface area contributed by atoms with Crippen LogP contribution in [0.25, 0.3) is 0 Å². The molecule has 74 heavy (non-hydrogen) atoms. The summed E-state index contributed by atoms with van der Waals surface area (Å²) in [6.45, 7) is 6.42. The van der Waals surface area contributed by atoms with Gasteiger partial charge >= 0.3 is 17.9 Å². The molecule has 0 amide bonds. The van der Waals surface area contributed by atoms with Gasteiger partial charge in [-0.05, 0) is 128 Å². The molecule has 0 N–H and O–H groups in total. The third-order valence-corrected chi connectivity index (χ3v) is 12.7. The van der Waals surface area contributed by atoms with Crippen molar-refractivity contribution < 1.29 is 28.6 Å². The molecule has 6 nitrogen and oxygen atoms in total. The van der Waals surface area contributed by atoms with E-state index in [1.54, 1.807) is 0 Å². The van der Waals surface area contributed by atoms with Gasteiger partial charge in [-0.2, -0.15) is 0 Å². The molecule has 0 spiro atoms. The SMILES string of the molecule is CC/C=C\C/C=C\C/C=C\C/C=C\C/C=C\C/C=C\C/C=C\CCCCCCCC(=O)OCC(COC(=O)CCCCCCC/C=C\CCC)OC(=O)CCCCCCCCCCC/C=C\C/C=C\CCCCC. The predicted molar refractivity (Wildman–Crippen MR) is 320 cm³/mol. The molecule has 0 saturated carbocycles. The van der Waals surface area contributed by atoms with E-state index in [-0.39, 0.29) is 31.1 Å². The molecule has 0 radical (unpaired) electrons. The summed E-state index contributed by atoms with van der Waals surface area (Å²) in [6, 6.07) is 0. The van der Waals surface area contributed by atoms with E-state index in [2.05, 4.69) is 142 Å². The maximum absolute atomic E-state index is 12.9. The van der Waals surface area contributed by atoms with Crippen LogP contribution in [0.5, 0.6) is 0 Å². The van der Waals surface area contributed by atoms with Gasteiger partial charge in [0.2, 0.25) is 0 Å². The van der Waals surface area contributed by atoms with Crippen LogP contribution in [-0.2, 0) is 28.6 Å². The lowest BCUT2D eigenvalue weighted by atomic mass is 10.1. The molecule has 6 heteroatoms. The highest BCUT2D eigenvalue weighted by atomic mass is 16.6. The Kier molecular flexibility index (Phi) is 57.9. The summed E-state index contributed by atoms with van der Waals surface area (Å²) in [5, 5.41) is 0. The second-order valence-electron chi connectivity index (χ2n) is 19.9. The van der Waals surface area contributed by atoms with E-state index in [9.17, 15) is 14.4 Å². The first kappa shape index (κ1) is 69.8. The number of rotatable bonds is 54. The Morgan fingerprint density at radius 2 is 0.554 bits per heavy atom. The minimum absolute atomic E-state index is 0.0926. The van der Waals surface area contributed by atoms with Crippen molar-refractivity contribution in [1.82, 2.24) is 0 Å². The zero-order chi connectivity index (χ0) is 53.6. The first-order valence-electron chi connectivity index (χ1n) is 30.5. The number of hydrogen-bond donors (Lipinski definition) is 0. The number of ether oxygens (including phenoxy) is 3. The molecular formula is C68H112O6. The molecule has 0 rings (SSSR count). The predicted octanol–water partition coefficient (Wildman–Crippen LogP) is 20.8. The molecule has 0 aromatic heterocycles. The van der Waals surface area contributed by atoms with E-state index in [1.807, 2.05) is 0 Å². The fourth-order valence-electron chi connectivity index (χ4n) is 8.10. The van der Waals surface area contributed by atoms with Crippen molar-refractivity contribution in [1.29, 1.82) is 0 Å². The number of carbonyl (C=O) groups is 3. The smallest absolute Gasteiger partial charge is 0.306 e. The summed E-state index contributed by atoms with van der Waals surface area (Å²) in [5.41, 5.74) is 0. The second kappa shape index (κ2) is 61.4. The Morgan fingerprint density at radius 3 is 0.892 bits per heavy atom. The van der Waals surface area contributed by atoms with E-state index in [0.29, 0.717) is 19.3 Å². The third-order valence-electron chi connectivity index (χ3n) is 12.7. The maximum Gasteiger partial charge on any atom is 0.306 e. The highest BCUT2D eigenvalue weighted by molar-refractivity contribution is 5.71. The van der Waals surface area contributed by atoms with Crippen LogP contribution in [0.1, 0.15) is 271 Å². The highest BCUT2D eigenvalue weighted by Gasteiger charge is 2.19. The van der Waals surface area contributed by atoms with Gasteiger partial charge in [-0.15, -0.1) is 0 Å². The van der Waals surface area contributed by atoms with Crippen molar-refractivity contribution in [3.8, 4) is 0 Å². The van der Waals surface area contributed by atoms with Crippen LogP contribution in [0.3, 0.4) is 0 Å². The van der Waals surface area contributed by atoms with Gasteiger partial charge in [0.25, 0.3) is 0 Å². The minimum atomic E-state index is -0.795. The first-order valence-corrected chi connectivity index (χ1v) is 30.5. The van der Waals surface area contributed by atoms with Gasteiger partial charge in [0.15, 0.2) is 6.10 Å². The zero-order valence-electron chi connectivity index (χ0n) is 48.1. The van der Waals surface area contributed by atoms with Crippen molar-refractivity contribution in [3.63, 3.8) is 0 Å². The second-order valence-corrected chi connectivity index (χ2v) is 19.9. The molecule has 0 aromatic rings. The molecule has 1 atom stereocenters. The van der Waals surface area contributed by atoms with Crippen molar-refractivity contribution in [2.24, 2.45) is 0 Å². The Balaban J connectivity index is 4.34. The Hall–Kier alpha value is -4.19. The lowest BCUT2D eigenvalue weighted by Gasteiger charge is -2.18. The quantitative estimate of drug-likeness (QED) is 0.0261. The average Bonchev–Trinajstić information content (AvgIpc) is 3.40. The van der Waals surface area contributed by atoms with Crippen LogP contribution >= 0.6 is 0 Å². The van der Waals surface area contributed by atoms with Crippen molar-refractivity contribution in [2.45, 2.75) is 277 Å². The number of carbonyl (C=O) groups excluding carboxylic acids is 3. The van der Waals surface area contributed by atoms with Crippen molar-refractivity contribution >= 4 is 17.9 Å². The summed E-state index contributed by atoms with van der Waals surface area (Å²) < 4.78 is 16.8. The summed E-state index contributed by atoms with van der Waals surface area (Å²) in [6.07, 6.45) is 84.8. The molecular weight excluding hydrogens is 913 g/mol. The molecule has 0 heterocycles. The third kappa shape index (κ3) is 58.7. The minimum Gasteiger partial charge on any atom is -0.462 e. The van der Waals surface area contributed by atoms with Gasteiger partial charge in [-0.3, -0.25) is 14.4 Å². The lowest BCUT2D eigenvalue weighted by Crippen LogP contribution is -2.30. The monoisotopic (exact) mass is 1020 g/mol. The summed E-state index contributed by atoms with van der Waals surface area (Å²) >= 11 is 0. The van der Waals surface area contributed by atoms with Gasteiger partial charge in [-0.1, -0.05) is 245 Å². The average molecular weight is 1030 g/mol. The number of esters is 3. The zero-order valence-corrected chi connectivity index (χ0v) is 48.1. The molecule has 0 saturated heterocycles. The highest BCUT2D eigenvalue weighted by Crippen LogP contribution is 2.15. The van der Waals surface area contributed by atoms with E-state index in [0.717, 1.165) is 148 Å². The normalized spacial score (nSPS) is 13.0. The van der Waals surface area contributed by atoms with Crippen molar-refractivity contribution in [2.75, 3.05) is 13.2 Å². The molecule has 0 aromatic carbocycles. The Bertz CT molecular complexity index is 1550. The van der Waals surface area contributed by atoms with Gasteiger partial charge in [0, 0.05) is 19.3 Å². The van der Waals surface area contributed by atoms with Gasteiger partial charge in [-0.25, -0.2) is 0 Å². The van der Waals surface area contributed by atoms with Gasteiger partial charge in [0.1, 0.15) is 13.2 Å². The maximum atomic E-state index is 12.9. The topological polar surface area (TPSA) is 78.9 Å². The molecule has 0 aliphatic rings. The lowest BCUT2D eigenvalue weighted by molar-refractivity contribution is -0.167. The van der Waals surface area contributed by atoms with Crippen LogP contribution < -0.4 is 0 Å². The molecule has 0 bridgehead atoms. The van der Waals surface area contributed by atoms with Crippen LogP contribution in [0.4, 0.5) is 0 Å². The van der Waals surface area contributed by atoms with E-state index < -0.39 is 6.10 Å². The van der Waals surface area contributed by atoms with Crippen LogP contribution in [0.2, 0.25) is 0 Å². The Morgan fingerprint density at radius 1 is 0.284 bits per heavy atom. The summed E-state index contributed by atoms with van der Waals surface area (Å²) in [5.74, 6) is -0.926. The largest absolute Gasteiger partial charge is 0.462 e. The van der Waals surface area contributed by atoms with E-state index in [1.165, 1.54) is 83.5 Å². The van der Waals surface area contributed by atoms with Crippen LogP contribution in [0.15, 0.2) is 122 Å². The van der Waals surface area contributed by atoms with Gasteiger partial charge in [0.05, 0.1) is 0 Å². The van der Waals surface area contributed by atoms with Crippen molar-refractivity contribution in [3.05, 3.63) is 122 Å². The number of allylic oxidation sites excluding steroid dienone is 20. The van der Waals surface area contributed by atoms with Crippen LogP contribution in [0, 0.1) is 0 Å². The standard InChI is InChI=1S/C68H112O6/c1-4-7-10-13-16-19-22-24-26-28-30-31-32-33-34-35-36-37-39-40-42-44-46-49-52-55-58-61-67(70)73-64-65(63-72-66(69)60-57-54-51-48-21-18-15-12-9-6-3)74-68(71)62-59-56-53-50-47-45-43-41-38-29-27-25-23-20-17-14-11-8-5-2/h7,10,12,15-17,19-20,24-27,30-31,33-34,36-37,40,42,65H,4-6,8-9,11,13-14,18,21-23,28-29,32,35,38-39,41,43-64H2,1-3H3/b10-7-,15-12-,19-16-,20-17-,26-24-,27-25-,31-30-,34-33-,37-36-,42-40-. The molecule has 0 aliphatic heterocycles. The van der Waals surface area contributed by atoms with E-state index >= 15 is 0 Å². The fraction of sp³-hybridized carbons (Fsp3) is 0.662. The molecule has 0 aliphatic carbocycles. The van der Waals surface area contributed by atoms with Gasteiger partial charge < -0.3 is 14.2 Å².